The summed E-state index contributed by atoms with van der Waals surface area (Å²) in [5.74, 6) is 3.41. The minimum absolute atomic E-state index is 0.0326. The van der Waals surface area contributed by atoms with E-state index in [9.17, 15) is 4.79 Å². The highest BCUT2D eigenvalue weighted by Gasteiger charge is 2.42. The molecule has 1 saturated carbocycles. The van der Waals surface area contributed by atoms with E-state index in [0.717, 1.165) is 12.0 Å². The fraction of sp³-hybridized carbons (Fsp3) is 0.400. The molecular formula is C15H19NOSi. The molecule has 0 aromatic heterocycles. The van der Waals surface area contributed by atoms with Gasteiger partial charge in [0.05, 0.1) is 0 Å². The van der Waals surface area contributed by atoms with Gasteiger partial charge < -0.3 is 5.73 Å². The van der Waals surface area contributed by atoms with E-state index in [-0.39, 0.29) is 11.8 Å². The van der Waals surface area contributed by atoms with E-state index in [4.69, 9.17) is 5.73 Å². The maximum absolute atomic E-state index is 11.1. The Kier molecular flexibility index (Phi) is 3.31. The Morgan fingerprint density at radius 1 is 1.39 bits per heavy atom. The van der Waals surface area contributed by atoms with Crippen LogP contribution in [0.25, 0.3) is 0 Å². The molecule has 18 heavy (non-hydrogen) atoms. The van der Waals surface area contributed by atoms with Crippen molar-refractivity contribution in [3.8, 4) is 11.5 Å². The highest BCUT2D eigenvalue weighted by Crippen LogP contribution is 2.47. The number of rotatable bonds is 2. The average Bonchev–Trinajstić information content (AvgIpc) is 3.06. The van der Waals surface area contributed by atoms with Crippen LogP contribution in [-0.2, 0) is 4.79 Å². The quantitative estimate of drug-likeness (QED) is 0.642. The third-order valence-corrected chi connectivity index (χ3v) is 3.93. The van der Waals surface area contributed by atoms with Crippen molar-refractivity contribution >= 4 is 14.0 Å². The molecule has 94 valence electrons. The summed E-state index contributed by atoms with van der Waals surface area (Å²) in [4.78, 5) is 11.1. The SMILES string of the molecule is C[Si](C)(C)C#Cc1cccc(C2CC2C(N)=O)c1. The van der Waals surface area contributed by atoms with Crippen LogP contribution in [0.2, 0.25) is 19.6 Å². The molecule has 1 fully saturated rings. The Bertz CT molecular complexity index is 533. The van der Waals surface area contributed by atoms with Crippen LogP contribution in [0.15, 0.2) is 24.3 Å². The summed E-state index contributed by atoms with van der Waals surface area (Å²) in [6.45, 7) is 6.69. The molecule has 1 aliphatic carbocycles. The monoisotopic (exact) mass is 257 g/mol. The zero-order chi connectivity index (χ0) is 13.3. The van der Waals surface area contributed by atoms with Gasteiger partial charge >= 0.3 is 0 Å². The summed E-state index contributed by atoms with van der Waals surface area (Å²) in [6.07, 6.45) is 0.889. The molecule has 0 radical (unpaired) electrons. The van der Waals surface area contributed by atoms with E-state index in [0.29, 0.717) is 5.92 Å². The molecule has 2 rings (SSSR count). The molecular weight excluding hydrogens is 238 g/mol. The number of nitrogens with two attached hydrogens (primary N) is 1. The second-order valence-corrected chi connectivity index (χ2v) is 10.7. The molecule has 1 aromatic carbocycles. The van der Waals surface area contributed by atoms with Gasteiger partial charge in [-0.1, -0.05) is 37.7 Å². The molecule has 2 N–H and O–H groups in total. The number of hydrogen-bond acceptors (Lipinski definition) is 1. The lowest BCUT2D eigenvalue weighted by Gasteiger charge is -2.04. The third kappa shape index (κ3) is 3.24. The summed E-state index contributed by atoms with van der Waals surface area (Å²) in [6, 6.07) is 8.20. The molecule has 0 heterocycles. The Morgan fingerprint density at radius 3 is 2.67 bits per heavy atom. The van der Waals surface area contributed by atoms with E-state index in [1.54, 1.807) is 0 Å². The van der Waals surface area contributed by atoms with Crippen molar-refractivity contribution in [2.45, 2.75) is 32.0 Å². The molecule has 2 unspecified atom stereocenters. The second-order valence-electron chi connectivity index (χ2n) is 5.98. The minimum Gasteiger partial charge on any atom is -0.369 e. The fourth-order valence-corrected chi connectivity index (χ4v) is 2.50. The van der Waals surface area contributed by atoms with Crippen LogP contribution in [-0.4, -0.2) is 14.0 Å². The molecule has 0 aliphatic heterocycles. The molecule has 2 atom stereocenters. The van der Waals surface area contributed by atoms with Crippen molar-refractivity contribution in [1.82, 2.24) is 0 Å². The minimum atomic E-state index is -1.34. The number of hydrogen-bond donors (Lipinski definition) is 1. The first kappa shape index (κ1) is 12.9. The van der Waals surface area contributed by atoms with Gasteiger partial charge in [-0.25, -0.2) is 0 Å². The molecule has 0 bridgehead atoms. The van der Waals surface area contributed by atoms with E-state index in [2.05, 4.69) is 43.2 Å². The number of carbonyl (C=O) groups is 1. The Labute approximate surface area is 110 Å². The normalized spacial score (nSPS) is 21.9. The zero-order valence-corrected chi connectivity index (χ0v) is 12.2. The number of amides is 1. The van der Waals surface area contributed by atoms with E-state index >= 15 is 0 Å². The molecule has 3 heteroatoms. The molecule has 0 spiro atoms. The molecule has 0 saturated heterocycles. The van der Waals surface area contributed by atoms with Crippen LogP contribution in [0.4, 0.5) is 0 Å². The van der Waals surface area contributed by atoms with Gasteiger partial charge in [0.15, 0.2) is 0 Å². The first-order chi connectivity index (χ1) is 8.37. The topological polar surface area (TPSA) is 43.1 Å². The van der Waals surface area contributed by atoms with Gasteiger partial charge in [-0.15, -0.1) is 5.54 Å². The number of benzene rings is 1. The molecule has 1 amide bonds. The highest BCUT2D eigenvalue weighted by atomic mass is 28.3. The molecule has 1 aromatic rings. The van der Waals surface area contributed by atoms with Crippen LogP contribution in [0, 0.1) is 17.4 Å². The van der Waals surface area contributed by atoms with Crippen molar-refractivity contribution in [2.24, 2.45) is 11.7 Å². The predicted molar refractivity (Wildman–Crippen MR) is 76.7 cm³/mol. The Balaban J connectivity index is 2.16. The van der Waals surface area contributed by atoms with Gasteiger partial charge in [0.2, 0.25) is 5.91 Å². The smallest absolute Gasteiger partial charge is 0.221 e. The largest absolute Gasteiger partial charge is 0.369 e. The summed E-state index contributed by atoms with van der Waals surface area (Å²) in [5, 5.41) is 0. The van der Waals surface area contributed by atoms with Crippen molar-refractivity contribution in [2.75, 3.05) is 0 Å². The van der Waals surface area contributed by atoms with Crippen molar-refractivity contribution in [3.63, 3.8) is 0 Å². The second kappa shape index (κ2) is 4.62. The molecule has 1 aliphatic rings. The number of carbonyl (C=O) groups excluding carboxylic acids is 1. The summed E-state index contributed by atoms with van der Waals surface area (Å²) >= 11 is 0. The fourth-order valence-electron chi connectivity index (χ4n) is 1.98. The first-order valence-corrected chi connectivity index (χ1v) is 9.79. The van der Waals surface area contributed by atoms with E-state index in [1.165, 1.54) is 5.56 Å². The van der Waals surface area contributed by atoms with Crippen molar-refractivity contribution < 1.29 is 4.79 Å². The first-order valence-electron chi connectivity index (χ1n) is 6.29. The van der Waals surface area contributed by atoms with Crippen molar-refractivity contribution in [1.29, 1.82) is 0 Å². The third-order valence-electron chi connectivity index (χ3n) is 3.05. The average molecular weight is 257 g/mol. The summed E-state index contributed by atoms with van der Waals surface area (Å²) < 4.78 is 0. The Morgan fingerprint density at radius 2 is 2.11 bits per heavy atom. The van der Waals surface area contributed by atoms with Crippen molar-refractivity contribution in [3.05, 3.63) is 35.4 Å². The van der Waals surface area contributed by atoms with Gasteiger partial charge in [0.25, 0.3) is 0 Å². The van der Waals surface area contributed by atoms with E-state index < -0.39 is 8.07 Å². The maximum Gasteiger partial charge on any atom is 0.221 e. The lowest BCUT2D eigenvalue weighted by atomic mass is 10.1. The van der Waals surface area contributed by atoms with Crippen LogP contribution in [0.1, 0.15) is 23.5 Å². The maximum atomic E-state index is 11.1. The zero-order valence-electron chi connectivity index (χ0n) is 11.2. The van der Waals surface area contributed by atoms with Gasteiger partial charge in [-0.2, -0.15) is 0 Å². The Hall–Kier alpha value is -1.53. The van der Waals surface area contributed by atoms with Gasteiger partial charge in [0, 0.05) is 11.5 Å². The number of primary amides is 1. The van der Waals surface area contributed by atoms with E-state index in [1.807, 2.05) is 12.1 Å². The standard InChI is InChI=1S/C15H19NOSi/c1-18(2,3)8-7-11-5-4-6-12(9-11)13-10-14(13)15(16)17/h4-6,9,13-14H,10H2,1-3H3,(H2,16,17). The lowest BCUT2D eigenvalue weighted by molar-refractivity contribution is -0.119. The van der Waals surface area contributed by atoms with Crippen LogP contribution in [0.5, 0.6) is 0 Å². The predicted octanol–water partition coefficient (Wildman–Crippen LogP) is 2.50. The summed E-state index contributed by atoms with van der Waals surface area (Å²) in [5.41, 5.74) is 10.9. The van der Waals surface area contributed by atoms with Gasteiger partial charge in [0.1, 0.15) is 8.07 Å². The molecule has 2 nitrogen and oxygen atoms in total. The highest BCUT2D eigenvalue weighted by molar-refractivity contribution is 6.83. The van der Waals surface area contributed by atoms with Crippen LogP contribution in [0.3, 0.4) is 0 Å². The van der Waals surface area contributed by atoms with Gasteiger partial charge in [-0.3, -0.25) is 4.79 Å². The lowest BCUT2D eigenvalue weighted by Crippen LogP contribution is -2.16. The van der Waals surface area contributed by atoms with Crippen LogP contribution < -0.4 is 5.73 Å². The van der Waals surface area contributed by atoms with Gasteiger partial charge in [-0.05, 0) is 30.0 Å². The van der Waals surface area contributed by atoms with Crippen LogP contribution >= 0.6 is 0 Å². The summed E-state index contributed by atoms with van der Waals surface area (Å²) in [7, 11) is -1.34.